The molecule has 1 unspecified atom stereocenters. The molecule has 20 heavy (non-hydrogen) atoms. The lowest BCUT2D eigenvalue weighted by Crippen LogP contribution is -2.35. The van der Waals surface area contributed by atoms with Gasteiger partial charge in [0.25, 0.3) is 0 Å². The van der Waals surface area contributed by atoms with Gasteiger partial charge in [0.15, 0.2) is 0 Å². The van der Waals surface area contributed by atoms with E-state index in [1.165, 1.54) is 5.56 Å². The minimum atomic E-state index is -0.0835. The Labute approximate surface area is 123 Å². The summed E-state index contributed by atoms with van der Waals surface area (Å²) in [5, 5.41) is 0. The van der Waals surface area contributed by atoms with Crippen molar-refractivity contribution in [1.29, 1.82) is 0 Å². The summed E-state index contributed by atoms with van der Waals surface area (Å²) in [6, 6.07) is 8.03. The van der Waals surface area contributed by atoms with Gasteiger partial charge in [0.2, 0.25) is 5.91 Å². The molecule has 1 atom stereocenters. The molecule has 2 N–H and O–H groups in total. The Kier molecular flexibility index (Phi) is 5.75. The van der Waals surface area contributed by atoms with Crippen molar-refractivity contribution in [1.82, 2.24) is 0 Å². The van der Waals surface area contributed by atoms with Crippen molar-refractivity contribution < 1.29 is 4.79 Å². The number of anilines is 1. The lowest BCUT2D eigenvalue weighted by atomic mass is 9.87. The summed E-state index contributed by atoms with van der Waals surface area (Å²) < 4.78 is 0. The number of aryl methyl sites for hydroxylation is 1. The van der Waals surface area contributed by atoms with Gasteiger partial charge in [0.1, 0.15) is 0 Å². The second kappa shape index (κ2) is 6.89. The van der Waals surface area contributed by atoms with Crippen LogP contribution < -0.4 is 10.6 Å². The fourth-order valence-electron chi connectivity index (χ4n) is 2.32. The van der Waals surface area contributed by atoms with Crippen LogP contribution in [0.5, 0.6) is 0 Å². The van der Waals surface area contributed by atoms with E-state index in [2.05, 4.69) is 39.8 Å². The predicted molar refractivity (Wildman–Crippen MR) is 85.9 cm³/mol. The molecule has 3 nitrogen and oxygen atoms in total. The number of carbonyl (C=O) groups excluding carboxylic acids is 1. The van der Waals surface area contributed by atoms with Crippen molar-refractivity contribution in [3.05, 3.63) is 29.8 Å². The lowest BCUT2D eigenvalue weighted by Gasteiger charge is -2.25. The molecular weight excluding hydrogens is 248 g/mol. The van der Waals surface area contributed by atoms with E-state index in [-0.39, 0.29) is 17.4 Å². The maximum Gasteiger partial charge on any atom is 0.228 e. The van der Waals surface area contributed by atoms with Crippen molar-refractivity contribution in [2.24, 2.45) is 11.1 Å². The summed E-state index contributed by atoms with van der Waals surface area (Å²) in [6.45, 7) is 8.55. The van der Waals surface area contributed by atoms with Crippen LogP contribution in [0.4, 0.5) is 5.69 Å². The molecule has 1 rings (SSSR count). The van der Waals surface area contributed by atoms with Gasteiger partial charge in [-0.3, -0.25) is 4.79 Å². The summed E-state index contributed by atoms with van der Waals surface area (Å²) in [5.41, 5.74) is 8.43. The Hall–Kier alpha value is -1.35. The van der Waals surface area contributed by atoms with Gasteiger partial charge >= 0.3 is 0 Å². The van der Waals surface area contributed by atoms with Crippen molar-refractivity contribution in [3.63, 3.8) is 0 Å². The molecule has 0 aliphatic rings. The molecule has 1 aromatic rings. The van der Waals surface area contributed by atoms with Crippen molar-refractivity contribution in [2.45, 2.75) is 53.0 Å². The number of hydrogen-bond acceptors (Lipinski definition) is 2. The Morgan fingerprint density at radius 3 is 2.25 bits per heavy atom. The number of rotatable bonds is 5. The molecule has 0 aromatic heterocycles. The van der Waals surface area contributed by atoms with Gasteiger partial charge < -0.3 is 10.6 Å². The van der Waals surface area contributed by atoms with Gasteiger partial charge in [-0.25, -0.2) is 0 Å². The van der Waals surface area contributed by atoms with Crippen LogP contribution in [0.2, 0.25) is 0 Å². The molecule has 0 saturated heterocycles. The zero-order valence-electron chi connectivity index (χ0n) is 13.4. The molecule has 0 saturated carbocycles. The molecule has 0 bridgehead atoms. The Bertz CT molecular complexity index is 431. The summed E-state index contributed by atoms with van der Waals surface area (Å²) in [6.07, 6.45) is 2.25. The zero-order chi connectivity index (χ0) is 15.3. The highest BCUT2D eigenvalue weighted by molar-refractivity contribution is 5.93. The second-order valence-electron chi connectivity index (χ2n) is 6.70. The Balaban J connectivity index is 2.62. The van der Waals surface area contributed by atoms with Crippen LogP contribution in [-0.4, -0.2) is 19.0 Å². The van der Waals surface area contributed by atoms with E-state index in [1.807, 2.05) is 19.2 Å². The van der Waals surface area contributed by atoms with Gasteiger partial charge in [0, 0.05) is 25.2 Å². The fourth-order valence-corrected chi connectivity index (χ4v) is 2.32. The summed E-state index contributed by atoms with van der Waals surface area (Å²) in [7, 11) is 1.81. The van der Waals surface area contributed by atoms with E-state index >= 15 is 0 Å². The van der Waals surface area contributed by atoms with Crippen molar-refractivity contribution in [2.75, 3.05) is 11.9 Å². The minimum absolute atomic E-state index is 0.0750. The maximum absolute atomic E-state index is 12.2. The minimum Gasteiger partial charge on any atom is -0.327 e. The number of nitrogens with two attached hydrogens (primary N) is 1. The molecule has 0 spiro atoms. The molecule has 0 radical (unpaired) electrons. The average Bonchev–Trinajstić information content (AvgIpc) is 2.35. The standard InChI is InChI=1S/C17H28N2O/c1-6-13-7-9-15(10-8-13)19(5)16(20)11-14(18)12-17(2,3)4/h7-10,14H,6,11-12,18H2,1-5H3. The third kappa shape index (κ3) is 5.33. The Morgan fingerprint density at radius 1 is 1.25 bits per heavy atom. The highest BCUT2D eigenvalue weighted by atomic mass is 16.2. The largest absolute Gasteiger partial charge is 0.327 e. The second-order valence-corrected chi connectivity index (χ2v) is 6.70. The van der Waals surface area contributed by atoms with Gasteiger partial charge in [-0.1, -0.05) is 39.8 Å². The number of amides is 1. The number of benzene rings is 1. The normalized spacial score (nSPS) is 13.1. The summed E-state index contributed by atoms with van der Waals surface area (Å²) >= 11 is 0. The van der Waals surface area contributed by atoms with Gasteiger partial charge in [-0.15, -0.1) is 0 Å². The lowest BCUT2D eigenvalue weighted by molar-refractivity contribution is -0.118. The highest BCUT2D eigenvalue weighted by Crippen LogP contribution is 2.22. The molecule has 0 fully saturated rings. The van der Waals surface area contributed by atoms with Crippen LogP contribution in [0.1, 0.15) is 46.1 Å². The monoisotopic (exact) mass is 276 g/mol. The first-order valence-electron chi connectivity index (χ1n) is 7.34. The topological polar surface area (TPSA) is 46.3 Å². The van der Waals surface area contributed by atoms with Crippen molar-refractivity contribution >= 4 is 11.6 Å². The molecule has 0 aliphatic carbocycles. The quantitative estimate of drug-likeness (QED) is 0.896. The van der Waals surface area contributed by atoms with Gasteiger partial charge in [-0.05, 0) is 36.0 Å². The number of carbonyl (C=O) groups is 1. The molecule has 3 heteroatoms. The van der Waals surface area contributed by atoms with E-state index in [0.29, 0.717) is 6.42 Å². The highest BCUT2D eigenvalue weighted by Gasteiger charge is 2.20. The molecule has 1 aromatic carbocycles. The summed E-state index contributed by atoms with van der Waals surface area (Å²) in [4.78, 5) is 13.9. The summed E-state index contributed by atoms with van der Waals surface area (Å²) in [5.74, 6) is 0.0750. The van der Waals surface area contributed by atoms with E-state index in [1.54, 1.807) is 4.90 Å². The first-order chi connectivity index (χ1) is 9.23. The van der Waals surface area contributed by atoms with E-state index in [9.17, 15) is 4.79 Å². The van der Waals surface area contributed by atoms with Crippen LogP contribution in [0.3, 0.4) is 0 Å². The molecule has 112 valence electrons. The fraction of sp³-hybridized carbons (Fsp3) is 0.588. The Morgan fingerprint density at radius 2 is 1.80 bits per heavy atom. The first-order valence-corrected chi connectivity index (χ1v) is 7.34. The van der Waals surface area contributed by atoms with E-state index in [0.717, 1.165) is 18.5 Å². The average molecular weight is 276 g/mol. The van der Waals surface area contributed by atoms with E-state index < -0.39 is 0 Å². The maximum atomic E-state index is 12.2. The molecule has 0 heterocycles. The van der Waals surface area contributed by atoms with Crippen molar-refractivity contribution in [3.8, 4) is 0 Å². The van der Waals surface area contributed by atoms with E-state index in [4.69, 9.17) is 5.73 Å². The predicted octanol–water partition coefficient (Wildman–Crippen LogP) is 3.37. The number of hydrogen-bond donors (Lipinski definition) is 1. The van der Waals surface area contributed by atoms with Gasteiger partial charge in [0.05, 0.1) is 0 Å². The van der Waals surface area contributed by atoms with Crippen LogP contribution in [0, 0.1) is 5.41 Å². The van der Waals surface area contributed by atoms with Crippen LogP contribution in [-0.2, 0) is 11.2 Å². The SMILES string of the molecule is CCc1ccc(N(C)C(=O)CC(N)CC(C)(C)C)cc1. The third-order valence-corrected chi connectivity index (χ3v) is 3.42. The van der Waals surface area contributed by atoms with Crippen LogP contribution >= 0.6 is 0 Å². The zero-order valence-corrected chi connectivity index (χ0v) is 13.4. The molecule has 0 aliphatic heterocycles. The molecule has 1 amide bonds. The van der Waals surface area contributed by atoms with Crippen LogP contribution in [0.25, 0.3) is 0 Å². The third-order valence-electron chi connectivity index (χ3n) is 3.42. The first kappa shape index (κ1) is 16.7. The van der Waals surface area contributed by atoms with Crippen LogP contribution in [0.15, 0.2) is 24.3 Å². The molecular formula is C17H28N2O. The number of nitrogens with zero attached hydrogens (tertiary/aromatic N) is 1. The van der Waals surface area contributed by atoms with Gasteiger partial charge in [-0.2, -0.15) is 0 Å². The smallest absolute Gasteiger partial charge is 0.228 e.